The zero-order valence-corrected chi connectivity index (χ0v) is 14.2. The topological polar surface area (TPSA) is 90.5 Å². The highest BCUT2D eigenvalue weighted by Gasteiger charge is 2.16. The highest BCUT2D eigenvalue weighted by atomic mass is 19.2. The second kappa shape index (κ2) is 7.99. The Morgan fingerprint density at radius 3 is 2.61 bits per heavy atom. The first-order valence-electron chi connectivity index (χ1n) is 8.04. The van der Waals surface area contributed by atoms with E-state index in [4.69, 9.17) is 9.15 Å². The van der Waals surface area contributed by atoms with E-state index in [2.05, 4.69) is 0 Å². The van der Waals surface area contributed by atoms with Crippen LogP contribution in [0, 0.1) is 17.5 Å². The quantitative estimate of drug-likeness (QED) is 0.513. The van der Waals surface area contributed by atoms with Crippen LogP contribution < -0.4 is 11.1 Å². The van der Waals surface area contributed by atoms with Crippen LogP contribution in [0.15, 0.2) is 45.6 Å². The first kappa shape index (κ1) is 19.2. The van der Waals surface area contributed by atoms with Crippen LogP contribution in [0.4, 0.5) is 18.9 Å². The summed E-state index contributed by atoms with van der Waals surface area (Å²) in [7, 11) is 0. The van der Waals surface area contributed by atoms with Gasteiger partial charge in [0, 0.05) is 6.54 Å². The van der Waals surface area contributed by atoms with Crippen molar-refractivity contribution in [3.63, 3.8) is 0 Å². The molecule has 1 amide bonds. The van der Waals surface area contributed by atoms with E-state index in [9.17, 15) is 27.6 Å². The Kier molecular flexibility index (Phi) is 5.48. The van der Waals surface area contributed by atoms with E-state index >= 15 is 0 Å². The molecule has 0 radical (unpaired) electrons. The fraction of sp³-hybridized carbons (Fsp3) is 0.167. The molecule has 0 unspecified atom stereocenters. The van der Waals surface area contributed by atoms with Crippen LogP contribution in [0.1, 0.15) is 6.42 Å². The fourth-order valence-corrected chi connectivity index (χ4v) is 2.46. The number of carbonyl (C=O) groups excluding carboxylic acids is 2. The first-order valence-corrected chi connectivity index (χ1v) is 8.04. The van der Waals surface area contributed by atoms with Crippen LogP contribution in [0.5, 0.6) is 0 Å². The van der Waals surface area contributed by atoms with Gasteiger partial charge in [-0.05, 0) is 24.3 Å². The summed E-state index contributed by atoms with van der Waals surface area (Å²) in [4.78, 5) is 35.3. The van der Waals surface area contributed by atoms with Crippen LogP contribution in [-0.4, -0.2) is 23.1 Å². The predicted molar refractivity (Wildman–Crippen MR) is 91.0 cm³/mol. The van der Waals surface area contributed by atoms with Gasteiger partial charge in [-0.2, -0.15) is 0 Å². The third-order valence-electron chi connectivity index (χ3n) is 3.79. The highest BCUT2D eigenvalue weighted by molar-refractivity contribution is 5.92. The molecule has 2 aromatic carbocycles. The average molecular weight is 394 g/mol. The molecule has 0 aliphatic rings. The predicted octanol–water partition coefficient (Wildman–Crippen LogP) is 2.58. The number of esters is 1. The number of benzene rings is 2. The maximum atomic E-state index is 13.5. The zero-order valence-electron chi connectivity index (χ0n) is 14.2. The summed E-state index contributed by atoms with van der Waals surface area (Å²) < 4.78 is 50.4. The van der Waals surface area contributed by atoms with Gasteiger partial charge in [0.2, 0.25) is 0 Å². The number of carbonyl (C=O) groups is 2. The Hall–Kier alpha value is -3.56. The summed E-state index contributed by atoms with van der Waals surface area (Å²) in [5.74, 6) is -7.06. The lowest BCUT2D eigenvalue weighted by molar-refractivity contribution is -0.147. The number of amides is 1. The zero-order chi connectivity index (χ0) is 20.3. The maximum Gasteiger partial charge on any atom is 0.419 e. The Morgan fingerprint density at radius 1 is 1.07 bits per heavy atom. The Morgan fingerprint density at radius 2 is 1.82 bits per heavy atom. The fourth-order valence-electron chi connectivity index (χ4n) is 2.46. The van der Waals surface area contributed by atoms with Crippen LogP contribution in [0.2, 0.25) is 0 Å². The lowest BCUT2D eigenvalue weighted by Gasteiger charge is -2.08. The Bertz CT molecular complexity index is 1110. The summed E-state index contributed by atoms with van der Waals surface area (Å²) in [6.45, 7) is -0.799. The number of nitrogens with one attached hydrogen (secondary N) is 1. The molecule has 0 spiro atoms. The molecule has 3 aromatic rings. The number of hydrogen-bond acceptors (Lipinski definition) is 5. The number of ether oxygens (including phenoxy) is 1. The minimum Gasteiger partial charge on any atom is -0.456 e. The van der Waals surface area contributed by atoms with Gasteiger partial charge in [0.1, 0.15) is 0 Å². The minimum atomic E-state index is -1.73. The van der Waals surface area contributed by atoms with E-state index < -0.39 is 47.4 Å². The normalized spacial score (nSPS) is 10.8. The molecule has 0 atom stereocenters. The molecule has 0 bridgehead atoms. The summed E-state index contributed by atoms with van der Waals surface area (Å²) in [6.07, 6.45) is -0.226. The summed E-state index contributed by atoms with van der Waals surface area (Å²) in [6, 6.07) is 8.13. The number of anilines is 1. The lowest BCUT2D eigenvalue weighted by Crippen LogP contribution is -2.23. The number of aromatic nitrogens is 1. The molecular formula is C18H13F3N2O5. The van der Waals surface area contributed by atoms with Gasteiger partial charge in [-0.25, -0.2) is 18.0 Å². The van der Waals surface area contributed by atoms with Gasteiger partial charge in [0.15, 0.2) is 29.6 Å². The standard InChI is InChI=1S/C18H13F3N2O5/c19-10-5-6-11(17(21)16(10)20)22-14(24)9-27-15(25)7-8-23-12-3-1-2-4-13(12)28-18(23)26/h1-6H,7-9H2,(H,22,24). The number of hydrogen-bond donors (Lipinski definition) is 1. The highest BCUT2D eigenvalue weighted by Crippen LogP contribution is 2.19. The molecule has 1 aromatic heterocycles. The summed E-state index contributed by atoms with van der Waals surface area (Å²) in [5.41, 5.74) is 0.289. The van der Waals surface area contributed by atoms with Gasteiger partial charge in [0.25, 0.3) is 5.91 Å². The second-order valence-electron chi connectivity index (χ2n) is 5.67. The molecule has 28 heavy (non-hydrogen) atoms. The summed E-state index contributed by atoms with van der Waals surface area (Å²) >= 11 is 0. The maximum absolute atomic E-state index is 13.5. The molecule has 0 fully saturated rings. The van der Waals surface area contributed by atoms with Gasteiger partial charge < -0.3 is 14.5 Å². The third-order valence-corrected chi connectivity index (χ3v) is 3.79. The third kappa shape index (κ3) is 4.05. The molecule has 3 rings (SSSR count). The van der Waals surface area contributed by atoms with E-state index in [-0.39, 0.29) is 13.0 Å². The molecule has 7 nitrogen and oxygen atoms in total. The van der Waals surface area contributed by atoms with Crippen molar-refractivity contribution in [1.82, 2.24) is 4.57 Å². The number of aryl methyl sites for hydroxylation is 1. The molecule has 0 aliphatic carbocycles. The SMILES string of the molecule is O=C(COC(=O)CCn1c(=O)oc2ccccc21)Nc1ccc(F)c(F)c1F. The van der Waals surface area contributed by atoms with Crippen molar-refractivity contribution in [3.8, 4) is 0 Å². The van der Waals surface area contributed by atoms with Crippen LogP contribution in [0.25, 0.3) is 11.1 Å². The Labute approximate surface area is 155 Å². The minimum absolute atomic E-state index is 0.0336. The largest absolute Gasteiger partial charge is 0.456 e. The number of fused-ring (bicyclic) bond motifs is 1. The van der Waals surface area contributed by atoms with Crippen molar-refractivity contribution in [2.75, 3.05) is 11.9 Å². The van der Waals surface area contributed by atoms with E-state index in [0.717, 1.165) is 6.07 Å². The molecule has 1 N–H and O–H groups in total. The van der Waals surface area contributed by atoms with Crippen molar-refractivity contribution >= 4 is 28.7 Å². The van der Waals surface area contributed by atoms with Gasteiger partial charge >= 0.3 is 11.7 Å². The molecule has 0 aliphatic heterocycles. The Balaban J connectivity index is 1.53. The van der Waals surface area contributed by atoms with Crippen molar-refractivity contribution < 1.29 is 31.9 Å². The van der Waals surface area contributed by atoms with Gasteiger partial charge in [-0.3, -0.25) is 14.2 Å². The van der Waals surface area contributed by atoms with E-state index in [1.54, 1.807) is 24.3 Å². The van der Waals surface area contributed by atoms with E-state index in [0.29, 0.717) is 17.2 Å². The average Bonchev–Trinajstić information content (AvgIpc) is 3.00. The van der Waals surface area contributed by atoms with E-state index in [1.807, 2.05) is 5.32 Å². The number of halogens is 3. The van der Waals surface area contributed by atoms with Gasteiger partial charge in [0.05, 0.1) is 17.6 Å². The molecule has 0 saturated carbocycles. The van der Waals surface area contributed by atoms with Crippen molar-refractivity contribution in [2.24, 2.45) is 0 Å². The number of rotatable bonds is 6. The number of nitrogens with zero attached hydrogens (tertiary/aromatic N) is 1. The molecule has 10 heteroatoms. The van der Waals surface area contributed by atoms with Crippen molar-refractivity contribution in [2.45, 2.75) is 13.0 Å². The second-order valence-corrected chi connectivity index (χ2v) is 5.67. The first-order chi connectivity index (χ1) is 13.4. The van der Waals surface area contributed by atoms with Crippen LogP contribution >= 0.6 is 0 Å². The molecular weight excluding hydrogens is 381 g/mol. The van der Waals surface area contributed by atoms with Crippen molar-refractivity contribution in [1.29, 1.82) is 0 Å². The lowest BCUT2D eigenvalue weighted by atomic mass is 10.3. The molecule has 0 saturated heterocycles. The summed E-state index contributed by atoms with van der Waals surface area (Å²) in [5, 5.41) is 1.97. The van der Waals surface area contributed by atoms with Gasteiger partial charge in [-0.15, -0.1) is 0 Å². The number of para-hydroxylation sites is 2. The smallest absolute Gasteiger partial charge is 0.419 e. The van der Waals surface area contributed by atoms with Crippen molar-refractivity contribution in [3.05, 3.63) is 64.4 Å². The monoisotopic (exact) mass is 394 g/mol. The van der Waals surface area contributed by atoms with E-state index in [1.165, 1.54) is 4.57 Å². The van der Waals surface area contributed by atoms with Gasteiger partial charge in [-0.1, -0.05) is 12.1 Å². The molecule has 1 heterocycles. The number of oxazole rings is 1. The van der Waals surface area contributed by atoms with Crippen LogP contribution in [0.3, 0.4) is 0 Å². The molecule has 146 valence electrons. The van der Waals surface area contributed by atoms with Crippen LogP contribution in [-0.2, 0) is 20.9 Å².